The fraction of sp³-hybridized carbons (Fsp3) is 0.164. The molecule has 16 bridgehead atoms. The van der Waals surface area contributed by atoms with Crippen molar-refractivity contribution >= 4 is 46.4 Å². The Hall–Kier alpha value is -14.8. The molecule has 8 aliphatic heterocycles. The molecule has 0 saturated carbocycles. The maximum Gasteiger partial charge on any atom is 0.230 e. The molecule has 12 aromatic carbocycles. The van der Waals surface area contributed by atoms with Gasteiger partial charge in [-0.05, 0) is 170 Å². The SMILES string of the molecule is C1=Cc2nc1c(-c1ccccc1)c1ccc([nH]1)c1c3nc(c(c4ccc([nH]4)c2-c2ccccc2)-c2ccccc2OCc2c4c5cc6c2OCOc2c(cc7c(c2COc2ccccc2-1)OCOc1cc2c(cc1C7CCc1ccccc1)C(CCc1ccccc1)c1cc(c(cc1OCO2)OCO4)C5CCc1ccccc1)C6CCc1ccccc1)C=C3. The van der Waals surface area contributed by atoms with Crippen LogP contribution in [0.5, 0.6) is 57.5 Å². The third-order valence-electron chi connectivity index (χ3n) is 25.9. The molecule has 0 aliphatic carbocycles. The number of H-pyrrole nitrogens is 2. The lowest BCUT2D eigenvalue weighted by atomic mass is 9.75. The summed E-state index contributed by atoms with van der Waals surface area (Å²) in [6, 6.07) is 103. The van der Waals surface area contributed by atoms with Crippen LogP contribution in [0.25, 0.3) is 90.9 Å². The second-order valence-corrected chi connectivity index (χ2v) is 33.0. The number of hydrogen-bond donors (Lipinski definition) is 2. The predicted molar refractivity (Wildman–Crippen MR) is 486 cm³/mol. The van der Waals surface area contributed by atoms with Gasteiger partial charge in [-0.1, -0.05) is 218 Å². The third-order valence-corrected chi connectivity index (χ3v) is 25.9. The quantitative estimate of drug-likeness (QED) is 0.107. The first-order valence-electron chi connectivity index (χ1n) is 43.1. The van der Waals surface area contributed by atoms with Crippen molar-refractivity contribution in [1.82, 2.24) is 19.9 Å². The van der Waals surface area contributed by atoms with Crippen LogP contribution in [0.4, 0.5) is 0 Å². The van der Waals surface area contributed by atoms with Gasteiger partial charge in [0.1, 0.15) is 70.7 Å². The first-order valence-corrected chi connectivity index (χ1v) is 43.1. The molecular weight excluding hydrogens is 1540 g/mol. The third kappa shape index (κ3) is 13.7. The fourth-order valence-corrected chi connectivity index (χ4v) is 20.1. The number of ether oxygens (including phenoxy) is 10. The van der Waals surface area contributed by atoms with Crippen LogP contribution < -0.4 is 47.4 Å². The molecule has 0 spiro atoms. The van der Waals surface area contributed by atoms with Gasteiger partial charge in [0.15, 0.2) is 0 Å². The number of para-hydroxylation sites is 2. The van der Waals surface area contributed by atoms with Crippen LogP contribution >= 0.6 is 0 Å². The Morgan fingerprint density at radius 1 is 0.242 bits per heavy atom. The molecule has 3 aromatic heterocycles. The van der Waals surface area contributed by atoms with Gasteiger partial charge < -0.3 is 57.3 Å². The van der Waals surface area contributed by atoms with Gasteiger partial charge in [0, 0.05) is 136 Å². The summed E-state index contributed by atoms with van der Waals surface area (Å²) < 4.78 is 74.2. The standard InChI is InChI=1S/C110H86N4O10/c1-7-23-67(24-8-1)39-43-73-79-55-81-74(44-40-68-25-9-2-10-26-68)83-57-85-76(46-42-70-29-13-4-14-30-70)86-58-84-75(45-41-69-27-11-3-12-28-69)82-56-80(73)100-60-102(82)120-65-122-108(84)88-62-116-98-38-22-20-36-78(98)106-94-52-50-92(113-94)104(72-33-17-6-18-34-72)90-48-47-89(111-90)103(71-31-15-5-16-32-71)91-49-51-93(112-91)105(95-53-54-96(106)114-95)77-35-19-21-37-97(77)115-61-87(109(85)123-66-124-110(86)88)107(83)121-64-119-101(81)59-99(79)117-63-118-100/h1-38,47-60,73-76,112-113H,39-46,61-66H2. The Morgan fingerprint density at radius 2 is 0.508 bits per heavy atom. The minimum atomic E-state index is -0.453. The molecule has 14 heteroatoms. The van der Waals surface area contributed by atoms with E-state index in [0.29, 0.717) is 125 Å². The normalized spacial score (nSPS) is 16.4. The van der Waals surface area contributed by atoms with Crippen LogP contribution in [0.3, 0.4) is 0 Å². The number of aromatic nitrogens is 4. The highest BCUT2D eigenvalue weighted by atomic mass is 16.7. The monoisotopic (exact) mass is 1620 g/mol. The Labute approximate surface area is 718 Å². The molecule has 0 radical (unpaired) electrons. The number of aryl methyl sites for hydroxylation is 4. The summed E-state index contributed by atoms with van der Waals surface area (Å²) in [6.07, 6.45) is 14.0. The molecule has 2 atom stereocenters. The lowest BCUT2D eigenvalue weighted by Crippen LogP contribution is -2.25. The van der Waals surface area contributed by atoms with E-state index in [1.54, 1.807) is 0 Å². The van der Waals surface area contributed by atoms with Gasteiger partial charge in [0.05, 0.1) is 33.9 Å². The van der Waals surface area contributed by atoms with Crippen molar-refractivity contribution in [3.05, 3.63) is 392 Å². The van der Waals surface area contributed by atoms with E-state index in [1.807, 2.05) is 12.1 Å². The number of nitrogens with zero attached hydrogens (tertiary/aromatic N) is 2. The molecule has 11 heterocycles. The predicted octanol–water partition coefficient (Wildman–Crippen LogP) is 25.1. The summed E-state index contributed by atoms with van der Waals surface area (Å²) in [5.41, 5.74) is 27.6. The highest BCUT2D eigenvalue weighted by Crippen LogP contribution is 2.59. The molecule has 0 fully saturated rings. The van der Waals surface area contributed by atoms with E-state index in [0.717, 1.165) is 129 Å². The van der Waals surface area contributed by atoms with Crippen LogP contribution in [0.1, 0.15) is 150 Å². The van der Waals surface area contributed by atoms with Crippen molar-refractivity contribution < 1.29 is 47.4 Å². The van der Waals surface area contributed by atoms with E-state index in [1.165, 1.54) is 22.3 Å². The van der Waals surface area contributed by atoms with E-state index < -0.39 is 5.92 Å². The van der Waals surface area contributed by atoms with Gasteiger partial charge in [0.2, 0.25) is 27.2 Å². The number of nitrogens with one attached hydrogen (secondary N) is 2. The largest absolute Gasteiger partial charge is 0.488 e. The van der Waals surface area contributed by atoms with E-state index in [2.05, 4.69) is 313 Å². The summed E-state index contributed by atoms with van der Waals surface area (Å²) in [6.45, 7) is -0.667. The highest BCUT2D eigenvalue weighted by Gasteiger charge is 2.41. The van der Waals surface area contributed by atoms with E-state index in [-0.39, 0.29) is 58.1 Å². The minimum Gasteiger partial charge on any atom is -0.488 e. The summed E-state index contributed by atoms with van der Waals surface area (Å²) in [5, 5.41) is 0. The lowest BCUT2D eigenvalue weighted by molar-refractivity contribution is 0.0933. The first-order chi connectivity index (χ1) is 61.5. The van der Waals surface area contributed by atoms with Gasteiger partial charge >= 0.3 is 0 Å². The summed E-state index contributed by atoms with van der Waals surface area (Å²) in [4.78, 5) is 19.6. The second-order valence-electron chi connectivity index (χ2n) is 33.0. The van der Waals surface area contributed by atoms with E-state index in [4.69, 9.17) is 57.3 Å². The van der Waals surface area contributed by atoms with Crippen LogP contribution in [0, 0.1) is 0 Å². The minimum absolute atomic E-state index is 0.0246. The van der Waals surface area contributed by atoms with Gasteiger partial charge in [-0.15, -0.1) is 0 Å². The van der Waals surface area contributed by atoms with E-state index >= 15 is 0 Å². The van der Waals surface area contributed by atoms with Crippen LogP contribution in [-0.2, 0) is 38.9 Å². The second kappa shape index (κ2) is 32.0. The fourth-order valence-electron chi connectivity index (χ4n) is 20.1. The van der Waals surface area contributed by atoms with Gasteiger partial charge in [-0.2, -0.15) is 0 Å². The van der Waals surface area contributed by atoms with Crippen molar-refractivity contribution in [2.75, 3.05) is 27.2 Å². The van der Waals surface area contributed by atoms with Crippen molar-refractivity contribution in [3.8, 4) is 102 Å². The maximum atomic E-state index is 7.83. The van der Waals surface area contributed by atoms with Crippen molar-refractivity contribution in [3.63, 3.8) is 0 Å². The topological polar surface area (TPSA) is 150 Å². The Bertz CT molecular complexity index is 6550. The van der Waals surface area contributed by atoms with Crippen molar-refractivity contribution in [2.45, 2.75) is 88.3 Å². The average Bonchev–Trinajstić information content (AvgIpc) is 0.807. The van der Waals surface area contributed by atoms with Gasteiger partial charge in [-0.25, -0.2) is 9.97 Å². The zero-order valence-corrected chi connectivity index (χ0v) is 68.2. The molecule has 124 heavy (non-hydrogen) atoms. The Kier molecular flexibility index (Phi) is 19.2. The number of rotatable bonds is 14. The van der Waals surface area contributed by atoms with E-state index in [9.17, 15) is 0 Å². The molecule has 2 N–H and O–H groups in total. The summed E-state index contributed by atoms with van der Waals surface area (Å²) >= 11 is 0. The molecular formula is C110H86N4O10. The smallest absolute Gasteiger partial charge is 0.230 e. The van der Waals surface area contributed by atoms with Crippen molar-refractivity contribution in [2.24, 2.45) is 0 Å². The molecule has 23 rings (SSSR count). The van der Waals surface area contributed by atoms with Gasteiger partial charge in [0.25, 0.3) is 0 Å². The highest BCUT2D eigenvalue weighted by molar-refractivity contribution is 6.01. The molecule has 2 unspecified atom stereocenters. The molecule has 0 saturated heterocycles. The molecule has 15 aromatic rings. The molecule has 0 amide bonds. The number of hydrogen-bond acceptors (Lipinski definition) is 12. The van der Waals surface area contributed by atoms with Crippen molar-refractivity contribution in [1.29, 1.82) is 0 Å². The number of aromatic amines is 2. The Morgan fingerprint density at radius 3 is 0.855 bits per heavy atom. The average molecular weight is 1620 g/mol. The maximum absolute atomic E-state index is 7.83. The summed E-state index contributed by atoms with van der Waals surface area (Å²) in [5.74, 6) is 4.79. The number of benzene rings is 12. The molecule has 14 nitrogen and oxygen atoms in total. The molecule has 8 aliphatic rings. The lowest BCUT2D eigenvalue weighted by Gasteiger charge is -2.36. The van der Waals surface area contributed by atoms with Crippen LogP contribution in [-0.4, -0.2) is 47.1 Å². The summed E-state index contributed by atoms with van der Waals surface area (Å²) in [7, 11) is 0. The molecule has 606 valence electrons. The number of fused-ring (bicyclic) bond motifs is 16. The zero-order valence-electron chi connectivity index (χ0n) is 68.2. The zero-order chi connectivity index (χ0) is 82.0. The first kappa shape index (κ1) is 74.3. The van der Waals surface area contributed by atoms with Gasteiger partial charge in [-0.3, -0.25) is 0 Å². The van der Waals surface area contributed by atoms with Crippen LogP contribution in [0.2, 0.25) is 0 Å². The Balaban J connectivity index is 0.849. The van der Waals surface area contributed by atoms with Crippen LogP contribution in [0.15, 0.2) is 291 Å².